The predicted octanol–water partition coefficient (Wildman–Crippen LogP) is 0.939. The Morgan fingerprint density at radius 2 is 2.11 bits per heavy atom. The maximum absolute atomic E-state index is 12.1. The third-order valence-electron chi connectivity index (χ3n) is 3.69. The minimum Gasteiger partial charge on any atom is -0.354 e. The highest BCUT2D eigenvalue weighted by Crippen LogP contribution is 2.24. The van der Waals surface area contributed by atoms with Gasteiger partial charge in [-0.1, -0.05) is 30.3 Å². The van der Waals surface area contributed by atoms with Crippen LogP contribution < -0.4 is 11.1 Å². The molecule has 4 heteroatoms. The summed E-state index contributed by atoms with van der Waals surface area (Å²) in [6.45, 7) is 1.94. The zero-order valence-electron chi connectivity index (χ0n) is 11.5. The van der Waals surface area contributed by atoms with Gasteiger partial charge in [0.15, 0.2) is 0 Å². The molecule has 1 fully saturated rings. The first-order chi connectivity index (χ1) is 9.22. The number of benzene rings is 1. The van der Waals surface area contributed by atoms with E-state index in [0.717, 1.165) is 18.2 Å². The second-order valence-electron chi connectivity index (χ2n) is 5.20. The van der Waals surface area contributed by atoms with Crippen LogP contribution in [-0.4, -0.2) is 43.5 Å². The van der Waals surface area contributed by atoms with Crippen LogP contribution in [0, 0.1) is 0 Å². The van der Waals surface area contributed by atoms with Gasteiger partial charge in [-0.15, -0.1) is 0 Å². The van der Waals surface area contributed by atoms with Gasteiger partial charge in [-0.2, -0.15) is 0 Å². The molecule has 1 aromatic rings. The number of likely N-dealkylation sites (N-methyl/N-ethyl adjacent to an activating group) is 1. The van der Waals surface area contributed by atoms with Gasteiger partial charge in [0.25, 0.3) is 0 Å². The Bertz CT molecular complexity index is 403. The average molecular weight is 261 g/mol. The lowest BCUT2D eigenvalue weighted by Crippen LogP contribution is -2.38. The minimum atomic E-state index is -0.243. The molecule has 1 saturated carbocycles. The van der Waals surface area contributed by atoms with Crippen molar-refractivity contribution in [2.24, 2.45) is 5.73 Å². The van der Waals surface area contributed by atoms with Crippen molar-refractivity contribution in [2.45, 2.75) is 24.8 Å². The highest BCUT2D eigenvalue weighted by molar-refractivity contribution is 5.83. The highest BCUT2D eigenvalue weighted by atomic mass is 16.1. The van der Waals surface area contributed by atoms with Gasteiger partial charge in [-0.3, -0.25) is 4.79 Å². The van der Waals surface area contributed by atoms with Crippen LogP contribution in [0.25, 0.3) is 0 Å². The fourth-order valence-corrected chi connectivity index (χ4v) is 2.26. The van der Waals surface area contributed by atoms with E-state index < -0.39 is 0 Å². The summed E-state index contributed by atoms with van der Waals surface area (Å²) >= 11 is 0. The molecule has 4 nitrogen and oxygen atoms in total. The Kier molecular flexibility index (Phi) is 4.93. The fraction of sp³-hybridized carbons (Fsp3) is 0.533. The third kappa shape index (κ3) is 4.04. The topological polar surface area (TPSA) is 58.4 Å². The van der Waals surface area contributed by atoms with Crippen LogP contribution in [0.2, 0.25) is 0 Å². The smallest absolute Gasteiger partial charge is 0.228 e. The van der Waals surface area contributed by atoms with E-state index in [1.165, 1.54) is 12.8 Å². The van der Waals surface area contributed by atoms with Crippen molar-refractivity contribution in [3.8, 4) is 0 Å². The molecule has 1 amide bonds. The first-order valence-corrected chi connectivity index (χ1v) is 6.95. The van der Waals surface area contributed by atoms with E-state index >= 15 is 0 Å². The summed E-state index contributed by atoms with van der Waals surface area (Å²) in [6, 6.07) is 10.5. The number of amides is 1. The first-order valence-electron chi connectivity index (χ1n) is 6.95. The predicted molar refractivity (Wildman–Crippen MR) is 76.9 cm³/mol. The molecule has 0 aromatic heterocycles. The second-order valence-corrected chi connectivity index (χ2v) is 5.20. The zero-order valence-corrected chi connectivity index (χ0v) is 11.5. The summed E-state index contributed by atoms with van der Waals surface area (Å²) in [4.78, 5) is 14.4. The minimum absolute atomic E-state index is 0.0258. The summed E-state index contributed by atoms with van der Waals surface area (Å²) < 4.78 is 0. The monoisotopic (exact) mass is 261 g/mol. The molecule has 1 atom stereocenters. The van der Waals surface area contributed by atoms with Crippen molar-refractivity contribution in [3.05, 3.63) is 35.9 Å². The number of nitrogens with two attached hydrogens (primary N) is 1. The Morgan fingerprint density at radius 3 is 2.68 bits per heavy atom. The maximum atomic E-state index is 12.1. The van der Waals surface area contributed by atoms with Gasteiger partial charge in [0.1, 0.15) is 0 Å². The van der Waals surface area contributed by atoms with Crippen molar-refractivity contribution in [1.82, 2.24) is 10.2 Å². The van der Waals surface area contributed by atoms with Crippen molar-refractivity contribution in [3.63, 3.8) is 0 Å². The Morgan fingerprint density at radius 1 is 1.42 bits per heavy atom. The summed E-state index contributed by atoms with van der Waals surface area (Å²) in [7, 11) is 2.11. The molecule has 0 saturated heterocycles. The maximum Gasteiger partial charge on any atom is 0.228 e. The third-order valence-corrected chi connectivity index (χ3v) is 3.69. The Balaban J connectivity index is 1.80. The lowest BCUT2D eigenvalue weighted by atomic mass is 9.98. The molecular formula is C15H23N3O. The van der Waals surface area contributed by atoms with Gasteiger partial charge in [-0.25, -0.2) is 0 Å². The van der Waals surface area contributed by atoms with E-state index in [-0.39, 0.29) is 11.8 Å². The number of rotatable bonds is 7. The van der Waals surface area contributed by atoms with Crippen LogP contribution >= 0.6 is 0 Å². The molecule has 0 bridgehead atoms. The number of carbonyl (C=O) groups excluding carboxylic acids is 1. The first kappa shape index (κ1) is 14.0. The Labute approximate surface area is 115 Å². The zero-order chi connectivity index (χ0) is 13.7. The quantitative estimate of drug-likeness (QED) is 0.768. The molecule has 0 aliphatic heterocycles. The molecule has 104 valence electrons. The van der Waals surface area contributed by atoms with Crippen LogP contribution in [0.1, 0.15) is 24.3 Å². The lowest BCUT2D eigenvalue weighted by Gasteiger charge is -2.18. The number of nitrogens with one attached hydrogen (secondary N) is 1. The second kappa shape index (κ2) is 6.68. The fourth-order valence-electron chi connectivity index (χ4n) is 2.26. The standard InChI is InChI=1S/C15H23N3O/c1-18(13-7-8-13)10-9-17-15(19)14(11-16)12-5-3-2-4-6-12/h2-6,13-14H,7-11,16H2,1H3,(H,17,19). The van der Waals surface area contributed by atoms with Crippen molar-refractivity contribution < 1.29 is 4.79 Å². The molecule has 1 aliphatic carbocycles. The number of hydrogen-bond donors (Lipinski definition) is 2. The lowest BCUT2D eigenvalue weighted by molar-refractivity contribution is -0.122. The molecule has 2 rings (SSSR count). The molecule has 3 N–H and O–H groups in total. The Hall–Kier alpha value is -1.39. The van der Waals surface area contributed by atoms with Crippen LogP contribution in [0.5, 0.6) is 0 Å². The highest BCUT2D eigenvalue weighted by Gasteiger charge is 2.25. The van der Waals surface area contributed by atoms with E-state index in [0.29, 0.717) is 13.1 Å². The summed E-state index contributed by atoms with van der Waals surface area (Å²) in [5.41, 5.74) is 6.71. The van der Waals surface area contributed by atoms with Crippen molar-refractivity contribution in [2.75, 3.05) is 26.7 Å². The molecule has 0 spiro atoms. The van der Waals surface area contributed by atoms with Crippen LogP contribution in [0.4, 0.5) is 0 Å². The molecular weight excluding hydrogens is 238 g/mol. The van der Waals surface area contributed by atoms with Crippen LogP contribution in [0.15, 0.2) is 30.3 Å². The van der Waals surface area contributed by atoms with Gasteiger partial charge >= 0.3 is 0 Å². The van der Waals surface area contributed by atoms with E-state index in [4.69, 9.17) is 5.73 Å². The van der Waals surface area contributed by atoms with Gasteiger partial charge < -0.3 is 16.0 Å². The van der Waals surface area contributed by atoms with Gasteiger partial charge in [-0.05, 0) is 25.5 Å². The SMILES string of the molecule is CN(CCNC(=O)C(CN)c1ccccc1)C1CC1. The molecule has 1 unspecified atom stereocenters. The molecule has 1 aliphatic rings. The summed E-state index contributed by atoms with van der Waals surface area (Å²) in [6.07, 6.45) is 2.58. The number of carbonyl (C=O) groups is 1. The van der Waals surface area contributed by atoms with Crippen molar-refractivity contribution >= 4 is 5.91 Å². The number of hydrogen-bond acceptors (Lipinski definition) is 3. The average Bonchev–Trinajstić information content (AvgIpc) is 3.25. The normalized spacial score (nSPS) is 16.4. The molecule has 1 aromatic carbocycles. The van der Waals surface area contributed by atoms with Gasteiger partial charge in [0.2, 0.25) is 5.91 Å². The molecule has 19 heavy (non-hydrogen) atoms. The summed E-state index contributed by atoms with van der Waals surface area (Å²) in [5.74, 6) is -0.217. The van der Waals surface area contributed by atoms with E-state index in [1.54, 1.807) is 0 Å². The number of nitrogens with zero attached hydrogens (tertiary/aromatic N) is 1. The van der Waals surface area contributed by atoms with E-state index in [2.05, 4.69) is 17.3 Å². The summed E-state index contributed by atoms with van der Waals surface area (Å²) in [5, 5.41) is 2.99. The van der Waals surface area contributed by atoms with Crippen molar-refractivity contribution in [1.29, 1.82) is 0 Å². The van der Waals surface area contributed by atoms with E-state index in [1.807, 2.05) is 30.3 Å². The molecule has 0 radical (unpaired) electrons. The molecule has 0 heterocycles. The van der Waals surface area contributed by atoms with E-state index in [9.17, 15) is 4.79 Å². The van der Waals surface area contributed by atoms with Crippen LogP contribution in [0.3, 0.4) is 0 Å². The van der Waals surface area contributed by atoms with Gasteiger partial charge in [0.05, 0.1) is 5.92 Å². The van der Waals surface area contributed by atoms with Crippen LogP contribution in [-0.2, 0) is 4.79 Å². The largest absolute Gasteiger partial charge is 0.354 e. The van der Waals surface area contributed by atoms with Gasteiger partial charge in [0, 0.05) is 25.7 Å².